The van der Waals surface area contributed by atoms with E-state index in [2.05, 4.69) is 5.32 Å². The van der Waals surface area contributed by atoms with E-state index < -0.39 is 29.8 Å². The van der Waals surface area contributed by atoms with Crippen molar-refractivity contribution >= 4 is 17.7 Å². The largest absolute Gasteiger partial charge is 0.467 e. The molecule has 31 heavy (non-hydrogen) atoms. The quantitative estimate of drug-likeness (QED) is 0.490. The molecule has 0 saturated heterocycles. The van der Waals surface area contributed by atoms with E-state index in [0.717, 1.165) is 16.7 Å². The van der Waals surface area contributed by atoms with E-state index in [1.165, 1.54) is 7.11 Å². The first-order valence-electron chi connectivity index (χ1n) is 10.2. The van der Waals surface area contributed by atoms with E-state index >= 15 is 0 Å². The van der Waals surface area contributed by atoms with E-state index in [-0.39, 0.29) is 6.61 Å². The summed E-state index contributed by atoms with van der Waals surface area (Å²) in [7, 11) is 1.29. The summed E-state index contributed by atoms with van der Waals surface area (Å²) < 4.78 is 16.3. The Bertz CT molecular complexity index is 877. The lowest BCUT2D eigenvalue weighted by atomic mass is 9.97. The maximum absolute atomic E-state index is 12.6. The van der Waals surface area contributed by atoms with Gasteiger partial charge in [0.1, 0.15) is 5.60 Å². The smallest absolute Gasteiger partial charge is 0.407 e. The van der Waals surface area contributed by atoms with Gasteiger partial charge in [-0.05, 0) is 62.9 Å². The highest BCUT2D eigenvalue weighted by molar-refractivity contribution is 5.77. The molecular formula is C24H32N2O5. The Hall–Kier alpha value is -3.06. The second-order valence-electron chi connectivity index (χ2n) is 8.38. The average Bonchev–Trinajstić information content (AvgIpc) is 2.69. The van der Waals surface area contributed by atoms with Gasteiger partial charge in [-0.15, -0.1) is 0 Å². The maximum atomic E-state index is 12.6. The van der Waals surface area contributed by atoms with Crippen molar-refractivity contribution in [3.63, 3.8) is 0 Å². The maximum Gasteiger partial charge on any atom is 0.407 e. The average molecular weight is 429 g/mol. The Balaban J connectivity index is 2.31. The van der Waals surface area contributed by atoms with Crippen LogP contribution in [0.5, 0.6) is 0 Å². The number of nitrogen functional groups attached to an aromatic ring is 1. The molecule has 7 heteroatoms. The van der Waals surface area contributed by atoms with E-state index in [9.17, 15) is 9.59 Å². The number of hydrogen-bond donors (Lipinski definition) is 2. The second-order valence-corrected chi connectivity index (χ2v) is 8.38. The Kier molecular flexibility index (Phi) is 8.45. The van der Waals surface area contributed by atoms with Crippen molar-refractivity contribution in [3.05, 3.63) is 65.2 Å². The van der Waals surface area contributed by atoms with E-state index in [1.54, 1.807) is 26.8 Å². The standard InChI is InChI=1S/C24H32N2O5/c1-16-11-12-19(25)13-18(16)14-20(26-23(28)31-24(2,3)4)21(22(27)29-5)30-15-17-9-7-6-8-10-17/h6-13,20-21H,14-15,25H2,1-5H3,(H,26,28)/t20-,21?/m0/s1. The van der Waals surface area contributed by atoms with Crippen LogP contribution in [0.1, 0.15) is 37.5 Å². The monoisotopic (exact) mass is 428 g/mol. The fourth-order valence-corrected chi connectivity index (χ4v) is 3.07. The molecule has 0 fully saturated rings. The van der Waals surface area contributed by atoms with Crippen LogP contribution in [0.25, 0.3) is 0 Å². The summed E-state index contributed by atoms with van der Waals surface area (Å²) in [5.41, 5.74) is 8.62. The van der Waals surface area contributed by atoms with Crippen LogP contribution in [0.4, 0.5) is 10.5 Å². The number of nitrogens with two attached hydrogens (primary N) is 1. The van der Waals surface area contributed by atoms with E-state index in [1.807, 2.05) is 49.4 Å². The summed E-state index contributed by atoms with van der Waals surface area (Å²) in [6.45, 7) is 7.44. The van der Waals surface area contributed by atoms with Gasteiger partial charge in [0, 0.05) is 5.69 Å². The topological polar surface area (TPSA) is 99.9 Å². The van der Waals surface area contributed by atoms with Crippen LogP contribution in [-0.2, 0) is 32.0 Å². The summed E-state index contributed by atoms with van der Waals surface area (Å²) in [6, 6.07) is 14.3. The molecule has 1 amide bonds. The molecule has 2 aromatic rings. The van der Waals surface area contributed by atoms with Gasteiger partial charge in [0.15, 0.2) is 6.10 Å². The van der Waals surface area contributed by atoms with Crippen LogP contribution in [0.2, 0.25) is 0 Å². The number of esters is 1. The molecule has 0 heterocycles. The van der Waals surface area contributed by atoms with Gasteiger partial charge >= 0.3 is 12.1 Å². The van der Waals surface area contributed by atoms with Gasteiger partial charge in [0.25, 0.3) is 0 Å². The van der Waals surface area contributed by atoms with Gasteiger partial charge in [0.05, 0.1) is 19.8 Å². The zero-order valence-electron chi connectivity index (χ0n) is 18.8. The van der Waals surface area contributed by atoms with Gasteiger partial charge in [-0.3, -0.25) is 0 Å². The predicted octanol–water partition coefficient (Wildman–Crippen LogP) is 3.77. The SMILES string of the molecule is COC(=O)C(OCc1ccccc1)[C@H](Cc1cc(N)ccc1C)NC(=O)OC(C)(C)C. The van der Waals surface area contributed by atoms with Crippen LogP contribution in [0.3, 0.4) is 0 Å². The third-order valence-corrected chi connectivity index (χ3v) is 4.59. The molecule has 0 aromatic heterocycles. The minimum atomic E-state index is -1.04. The van der Waals surface area contributed by atoms with Crippen LogP contribution in [-0.4, -0.2) is 36.9 Å². The molecule has 0 saturated carbocycles. The minimum absolute atomic E-state index is 0.184. The highest BCUT2D eigenvalue weighted by Crippen LogP contribution is 2.19. The molecule has 3 N–H and O–H groups in total. The number of nitrogens with one attached hydrogen (secondary N) is 1. The minimum Gasteiger partial charge on any atom is -0.467 e. The molecule has 168 valence electrons. The summed E-state index contributed by atoms with van der Waals surface area (Å²) >= 11 is 0. The molecular weight excluding hydrogens is 396 g/mol. The van der Waals surface area contributed by atoms with Crippen LogP contribution < -0.4 is 11.1 Å². The molecule has 0 bridgehead atoms. The molecule has 1 unspecified atom stereocenters. The highest BCUT2D eigenvalue weighted by atomic mass is 16.6. The van der Waals surface area contributed by atoms with E-state index in [4.69, 9.17) is 19.9 Å². The number of hydrogen-bond acceptors (Lipinski definition) is 6. The Morgan fingerprint density at radius 2 is 1.77 bits per heavy atom. The highest BCUT2D eigenvalue weighted by Gasteiger charge is 2.33. The molecule has 0 radical (unpaired) electrons. The predicted molar refractivity (Wildman–Crippen MR) is 119 cm³/mol. The Morgan fingerprint density at radius 3 is 2.39 bits per heavy atom. The lowest BCUT2D eigenvalue weighted by Gasteiger charge is -2.28. The second kappa shape index (κ2) is 10.8. The molecule has 0 aliphatic carbocycles. The van der Waals surface area contributed by atoms with Gasteiger partial charge < -0.3 is 25.3 Å². The zero-order valence-corrected chi connectivity index (χ0v) is 18.8. The molecule has 0 spiro atoms. The van der Waals surface area contributed by atoms with Crippen molar-refractivity contribution in [2.75, 3.05) is 12.8 Å². The lowest BCUT2D eigenvalue weighted by molar-refractivity contribution is -0.157. The molecule has 0 aliphatic rings. The Morgan fingerprint density at radius 1 is 1.10 bits per heavy atom. The van der Waals surface area contributed by atoms with E-state index in [0.29, 0.717) is 12.1 Å². The summed E-state index contributed by atoms with van der Waals surface area (Å²) in [5.74, 6) is -0.585. The molecule has 0 aliphatic heterocycles. The van der Waals surface area contributed by atoms with Crippen molar-refractivity contribution in [2.24, 2.45) is 0 Å². The van der Waals surface area contributed by atoms with Gasteiger partial charge in [0.2, 0.25) is 0 Å². The summed E-state index contributed by atoms with van der Waals surface area (Å²) in [6.07, 6.45) is -1.38. The fraction of sp³-hybridized carbons (Fsp3) is 0.417. The van der Waals surface area contributed by atoms with Gasteiger partial charge in [-0.25, -0.2) is 9.59 Å². The van der Waals surface area contributed by atoms with Crippen molar-refractivity contribution in [3.8, 4) is 0 Å². The zero-order chi connectivity index (χ0) is 23.0. The van der Waals surface area contributed by atoms with Crippen molar-refractivity contribution in [2.45, 2.75) is 58.5 Å². The number of alkyl carbamates (subject to hydrolysis) is 1. The van der Waals surface area contributed by atoms with Crippen molar-refractivity contribution in [1.82, 2.24) is 5.32 Å². The number of aryl methyl sites for hydroxylation is 1. The van der Waals surface area contributed by atoms with Crippen molar-refractivity contribution in [1.29, 1.82) is 0 Å². The van der Waals surface area contributed by atoms with Crippen LogP contribution in [0.15, 0.2) is 48.5 Å². The fourth-order valence-electron chi connectivity index (χ4n) is 3.07. The summed E-state index contributed by atoms with van der Waals surface area (Å²) in [5, 5.41) is 2.79. The number of rotatable bonds is 8. The molecule has 2 rings (SSSR count). The van der Waals surface area contributed by atoms with Crippen LogP contribution in [0, 0.1) is 6.92 Å². The third-order valence-electron chi connectivity index (χ3n) is 4.59. The third kappa shape index (κ3) is 7.94. The normalized spacial score (nSPS) is 13.2. The number of amides is 1. The Labute approximate surface area is 183 Å². The molecule has 2 atom stereocenters. The van der Waals surface area contributed by atoms with Crippen LogP contribution >= 0.6 is 0 Å². The summed E-state index contributed by atoms with van der Waals surface area (Å²) in [4.78, 5) is 25.2. The first kappa shape index (κ1) is 24.2. The lowest BCUT2D eigenvalue weighted by Crippen LogP contribution is -2.51. The van der Waals surface area contributed by atoms with Crippen molar-refractivity contribution < 1.29 is 23.8 Å². The van der Waals surface area contributed by atoms with Gasteiger partial charge in [-0.1, -0.05) is 36.4 Å². The molecule has 7 nitrogen and oxygen atoms in total. The van der Waals surface area contributed by atoms with Gasteiger partial charge in [-0.2, -0.15) is 0 Å². The number of benzene rings is 2. The number of ether oxygens (including phenoxy) is 3. The number of methoxy groups -OCH3 is 1. The number of carbonyl (C=O) groups excluding carboxylic acids is 2. The molecule has 2 aromatic carbocycles. The number of carbonyl (C=O) groups is 2. The number of anilines is 1. The first-order valence-corrected chi connectivity index (χ1v) is 10.2. The first-order chi connectivity index (χ1) is 14.6.